The van der Waals surface area contributed by atoms with Gasteiger partial charge in [0, 0.05) is 10.8 Å². The van der Waals surface area contributed by atoms with Crippen LogP contribution in [0.4, 0.5) is 0 Å². The molecule has 1 aliphatic rings. The van der Waals surface area contributed by atoms with Gasteiger partial charge in [-0.25, -0.2) is 0 Å². The lowest BCUT2D eigenvalue weighted by molar-refractivity contribution is 0.669. The third-order valence-electron chi connectivity index (χ3n) is 9.16. The largest absolute Gasteiger partial charge is 0.456 e. The van der Waals surface area contributed by atoms with E-state index in [1.54, 1.807) is 0 Å². The van der Waals surface area contributed by atoms with Crippen LogP contribution in [0.3, 0.4) is 0 Å². The van der Waals surface area contributed by atoms with Gasteiger partial charge in [0.15, 0.2) is 0 Å². The lowest BCUT2D eigenvalue weighted by Gasteiger charge is -2.20. The average molecular weight is 632 g/mol. The summed E-state index contributed by atoms with van der Waals surface area (Å²) in [5, 5.41) is 5.45. The van der Waals surface area contributed by atoms with E-state index in [1.807, 2.05) is 78.9 Å². The van der Waals surface area contributed by atoms with Gasteiger partial charge in [-0.3, -0.25) is 0 Å². The highest BCUT2D eigenvalue weighted by molar-refractivity contribution is 6.23. The molecule has 0 saturated heterocycles. The second-order valence-electron chi connectivity index (χ2n) is 11.8. The zero-order valence-electron chi connectivity index (χ0n) is 36.7. The molecule has 1 nitrogen and oxygen atoms in total. The van der Waals surface area contributed by atoms with Crippen molar-refractivity contribution < 1.29 is 19.5 Å². The highest BCUT2D eigenvalue weighted by Crippen LogP contribution is 2.46. The Labute approximate surface area is 299 Å². The van der Waals surface area contributed by atoms with E-state index in [4.69, 9.17) is 15.4 Å². The number of benzene rings is 8. The van der Waals surface area contributed by atoms with Crippen molar-refractivity contribution in [2.75, 3.05) is 0 Å². The molecular weight excluding hydrogens is 593 g/mol. The molecule has 9 aromatic rings. The molecule has 0 fully saturated rings. The smallest absolute Gasteiger partial charge is 0.136 e. The number of furan rings is 1. The molecule has 49 heavy (non-hydrogen) atoms. The van der Waals surface area contributed by atoms with Crippen molar-refractivity contribution >= 4 is 59.8 Å². The molecule has 0 spiro atoms. The molecule has 0 aliphatic heterocycles. The van der Waals surface area contributed by atoms with Crippen molar-refractivity contribution in [1.29, 1.82) is 0 Å². The predicted molar refractivity (Wildman–Crippen MR) is 207 cm³/mol. The zero-order chi connectivity index (χ0) is 41.9. The Morgan fingerprint density at radius 1 is 0.469 bits per heavy atom. The highest BCUT2D eigenvalue weighted by Gasteiger charge is 2.20. The Hall–Kier alpha value is -6.62. The average Bonchev–Trinajstić information content (AvgIpc) is 3.68. The number of hydrogen-bond acceptors (Lipinski definition) is 1. The lowest BCUT2D eigenvalue weighted by Crippen LogP contribution is -1.94. The Bertz CT molecular complexity index is 3500. The summed E-state index contributed by atoms with van der Waals surface area (Å²) in [6.45, 7) is 0. The zero-order valence-corrected chi connectivity index (χ0v) is 25.7. The van der Waals surface area contributed by atoms with E-state index < -0.39 is 59.9 Å². The van der Waals surface area contributed by atoms with Crippen LogP contribution in [0.15, 0.2) is 186 Å². The fourth-order valence-electron chi connectivity index (χ4n) is 7.11. The van der Waals surface area contributed by atoms with Crippen molar-refractivity contribution in [2.24, 2.45) is 0 Å². The second-order valence-corrected chi connectivity index (χ2v) is 11.8. The molecule has 0 amide bonds. The van der Waals surface area contributed by atoms with Crippen molar-refractivity contribution in [3.8, 4) is 33.4 Å². The van der Waals surface area contributed by atoms with Gasteiger partial charge in [-0.1, -0.05) is 145 Å². The van der Waals surface area contributed by atoms with Gasteiger partial charge in [0.2, 0.25) is 0 Å². The minimum Gasteiger partial charge on any atom is -0.456 e. The summed E-state index contributed by atoms with van der Waals surface area (Å²) in [5.41, 5.74) is 9.52. The first-order chi connectivity index (χ1) is 28.9. The lowest BCUT2D eigenvalue weighted by atomic mass is 9.83. The van der Waals surface area contributed by atoms with Crippen LogP contribution in [-0.2, 0) is 0 Å². The Morgan fingerprint density at radius 2 is 1.12 bits per heavy atom. The maximum absolute atomic E-state index is 9.58. The molecule has 10 rings (SSSR count). The summed E-state index contributed by atoms with van der Waals surface area (Å²) in [4.78, 5) is 0. The molecule has 0 unspecified atom stereocenters. The summed E-state index contributed by atoms with van der Waals surface area (Å²) in [6, 6.07) is 22.0. The quantitative estimate of drug-likeness (QED) is 0.139. The molecule has 0 saturated carbocycles. The monoisotopic (exact) mass is 631 g/mol. The van der Waals surface area contributed by atoms with E-state index in [1.165, 1.54) is 0 Å². The van der Waals surface area contributed by atoms with Crippen molar-refractivity contribution in [3.63, 3.8) is 0 Å². The fraction of sp³-hybridized carbons (Fsp3) is 0. The van der Waals surface area contributed by atoms with Gasteiger partial charge in [0.05, 0.1) is 15.1 Å². The third-order valence-corrected chi connectivity index (χ3v) is 9.16. The minimum atomic E-state index is -0.663. The molecule has 0 radical (unpaired) electrons. The van der Waals surface area contributed by atoms with E-state index in [2.05, 4.69) is 35.7 Å². The maximum Gasteiger partial charge on any atom is 0.136 e. The normalized spacial score (nSPS) is 15.7. The van der Waals surface area contributed by atoms with Crippen LogP contribution >= 0.6 is 0 Å². The molecular formula is C48H28O. The van der Waals surface area contributed by atoms with E-state index >= 15 is 0 Å². The van der Waals surface area contributed by atoms with Crippen LogP contribution in [-0.4, -0.2) is 0 Å². The van der Waals surface area contributed by atoms with Crippen LogP contribution < -0.4 is 0 Å². The van der Waals surface area contributed by atoms with Crippen LogP contribution in [0.25, 0.3) is 93.2 Å². The van der Waals surface area contributed by atoms with Crippen LogP contribution in [0.2, 0.25) is 0 Å². The van der Waals surface area contributed by atoms with Crippen molar-refractivity contribution in [3.05, 3.63) is 187 Å². The van der Waals surface area contributed by atoms with E-state index in [0.29, 0.717) is 10.9 Å². The summed E-state index contributed by atoms with van der Waals surface area (Å²) < 4.78 is 103. The van der Waals surface area contributed by atoms with Gasteiger partial charge < -0.3 is 4.42 Å². The standard InChI is InChI=1S/C48H28O/c1-3-14-31(15-4-1)35-24-13-25-44-48(35)43-27-26-33(30-45(43)49-44)34-28-29-42(37-19-8-7-18-36(34)37)47-40-22-11-9-20-38(40)46(32-16-5-2-6-17-32)39-21-10-12-23-41(39)47/h1,3-5,7-30H/i1D,3D,4D,13D,14D,15D,24D,25D,26D,27D,30D. The highest BCUT2D eigenvalue weighted by atomic mass is 16.3. The SMILES string of the molecule is [2H]c1c([2H])c([2H])c(-c2c([2H])c([2H])c([2H])c3oc4c([2H])c(-c5ccc(-c6c7ccccc7c(C7=CC=C=C=C7)c7ccccc67)c6ccccc56)c([2H])c([2H])c4c23)c([2H])c1[2H]. The molecule has 8 aromatic carbocycles. The summed E-state index contributed by atoms with van der Waals surface area (Å²) in [7, 11) is 0. The van der Waals surface area contributed by atoms with Gasteiger partial charge in [0.1, 0.15) is 11.2 Å². The van der Waals surface area contributed by atoms with Gasteiger partial charge in [-0.05, 0) is 113 Å². The van der Waals surface area contributed by atoms with Crippen molar-refractivity contribution in [1.82, 2.24) is 0 Å². The number of fused-ring (bicyclic) bond motifs is 6. The first-order valence-corrected chi connectivity index (χ1v) is 15.8. The van der Waals surface area contributed by atoms with Gasteiger partial charge in [0.25, 0.3) is 0 Å². The van der Waals surface area contributed by atoms with E-state index in [-0.39, 0.29) is 45.2 Å². The van der Waals surface area contributed by atoms with Crippen molar-refractivity contribution in [2.45, 2.75) is 0 Å². The molecule has 0 N–H and O–H groups in total. The molecule has 1 aromatic heterocycles. The van der Waals surface area contributed by atoms with Crippen LogP contribution in [0.1, 0.15) is 20.6 Å². The molecule has 0 atom stereocenters. The number of hydrogen-bond donors (Lipinski definition) is 0. The summed E-state index contributed by atoms with van der Waals surface area (Å²) in [6.07, 6.45) is 5.83. The molecule has 226 valence electrons. The molecule has 1 aliphatic carbocycles. The molecule has 1 heterocycles. The van der Waals surface area contributed by atoms with Crippen LogP contribution in [0, 0.1) is 0 Å². The minimum absolute atomic E-state index is 0.0876. The Morgan fingerprint density at radius 3 is 1.82 bits per heavy atom. The summed E-state index contributed by atoms with van der Waals surface area (Å²) in [5.74, 6) is 0. The number of rotatable bonds is 4. The Kier molecular flexibility index (Phi) is 4.18. The molecule has 1 heteroatoms. The second kappa shape index (κ2) is 11.0. The first kappa shape index (κ1) is 18.6. The van der Waals surface area contributed by atoms with Gasteiger partial charge >= 0.3 is 0 Å². The predicted octanol–water partition coefficient (Wildman–Crippen LogP) is 13.3. The molecule has 0 bridgehead atoms. The first-order valence-electron chi connectivity index (χ1n) is 21.3. The summed E-state index contributed by atoms with van der Waals surface area (Å²) >= 11 is 0. The maximum atomic E-state index is 9.58. The topological polar surface area (TPSA) is 13.1 Å². The van der Waals surface area contributed by atoms with Gasteiger partial charge in [-0.2, -0.15) is 0 Å². The Balaban J connectivity index is 1.27. The number of allylic oxidation sites excluding steroid dienone is 4. The van der Waals surface area contributed by atoms with Crippen LogP contribution in [0.5, 0.6) is 0 Å². The van der Waals surface area contributed by atoms with E-state index in [0.717, 1.165) is 49.2 Å². The van der Waals surface area contributed by atoms with Gasteiger partial charge in [-0.15, -0.1) is 0 Å². The van der Waals surface area contributed by atoms with E-state index in [9.17, 15) is 4.11 Å². The third kappa shape index (κ3) is 4.28. The fourth-order valence-corrected chi connectivity index (χ4v) is 7.11.